The summed E-state index contributed by atoms with van der Waals surface area (Å²) in [6, 6.07) is 0.734. The Kier molecular flexibility index (Phi) is 3.96. The van der Waals surface area contributed by atoms with Crippen molar-refractivity contribution in [2.75, 3.05) is 20.7 Å². The highest BCUT2D eigenvalue weighted by atomic mass is 16.5. The molecule has 2 nitrogen and oxygen atoms in total. The van der Waals surface area contributed by atoms with Gasteiger partial charge in [-0.25, -0.2) is 0 Å². The lowest BCUT2D eigenvalue weighted by Crippen LogP contribution is -2.35. The maximum absolute atomic E-state index is 5.87. The molecule has 0 aliphatic heterocycles. The zero-order chi connectivity index (χ0) is 10.8. The maximum atomic E-state index is 5.87. The predicted octanol–water partition coefficient (Wildman–Crippen LogP) is 2.53. The first-order chi connectivity index (χ1) is 6.40. The van der Waals surface area contributed by atoms with E-state index in [0.717, 1.165) is 18.6 Å². The molecule has 2 heteroatoms. The van der Waals surface area contributed by atoms with Crippen LogP contribution in [0.5, 0.6) is 0 Å². The Bertz CT molecular complexity index is 172. The number of nitrogens with zero attached hydrogens (tertiary/aromatic N) is 1. The first-order valence-corrected chi connectivity index (χ1v) is 5.70. The van der Waals surface area contributed by atoms with Crippen molar-refractivity contribution >= 4 is 0 Å². The third kappa shape index (κ3) is 3.58. The molecule has 0 heterocycles. The van der Waals surface area contributed by atoms with E-state index < -0.39 is 0 Å². The molecule has 1 rings (SSSR count). The molecule has 14 heavy (non-hydrogen) atoms. The molecule has 2 unspecified atom stereocenters. The first kappa shape index (κ1) is 12.0. The van der Waals surface area contributed by atoms with E-state index in [2.05, 4.69) is 39.8 Å². The lowest BCUT2D eigenvalue weighted by atomic mass is 10.0. The summed E-state index contributed by atoms with van der Waals surface area (Å²) in [5.41, 5.74) is 0.0133. The quantitative estimate of drug-likeness (QED) is 0.692. The molecule has 0 aromatic heterocycles. The molecule has 84 valence electrons. The number of rotatable bonds is 3. The minimum absolute atomic E-state index is 0.0133. The van der Waals surface area contributed by atoms with Crippen LogP contribution >= 0.6 is 0 Å². The van der Waals surface area contributed by atoms with Crippen LogP contribution in [0.15, 0.2) is 0 Å². The fraction of sp³-hybridized carbons (Fsp3) is 1.00. The zero-order valence-electron chi connectivity index (χ0n) is 10.3. The molecule has 0 radical (unpaired) electrons. The lowest BCUT2D eigenvalue weighted by molar-refractivity contribution is -0.0307. The van der Waals surface area contributed by atoms with Crippen LogP contribution in [0.25, 0.3) is 0 Å². The molecule has 0 spiro atoms. The SMILES string of the molecule is CN(C)C1CCCC1COC(C)(C)C. The Balaban J connectivity index is 2.36. The molecule has 0 amide bonds. The summed E-state index contributed by atoms with van der Waals surface area (Å²) in [7, 11) is 4.36. The Labute approximate surface area is 88.6 Å². The highest BCUT2D eigenvalue weighted by molar-refractivity contribution is 4.83. The second kappa shape index (κ2) is 4.63. The maximum Gasteiger partial charge on any atom is 0.0598 e. The Hall–Kier alpha value is -0.0800. The van der Waals surface area contributed by atoms with Gasteiger partial charge in [0.05, 0.1) is 12.2 Å². The van der Waals surface area contributed by atoms with Gasteiger partial charge in [-0.3, -0.25) is 0 Å². The summed E-state index contributed by atoms with van der Waals surface area (Å²) in [5.74, 6) is 0.740. The van der Waals surface area contributed by atoms with Crippen molar-refractivity contribution in [2.45, 2.75) is 51.7 Å². The molecule has 0 bridgehead atoms. The molecule has 0 aromatic rings. The Morgan fingerprint density at radius 2 is 1.86 bits per heavy atom. The van der Waals surface area contributed by atoms with Gasteiger partial charge in [-0.15, -0.1) is 0 Å². The molecule has 2 atom stereocenters. The highest BCUT2D eigenvalue weighted by Gasteiger charge is 2.29. The summed E-state index contributed by atoms with van der Waals surface area (Å²) in [4.78, 5) is 2.35. The largest absolute Gasteiger partial charge is 0.376 e. The van der Waals surface area contributed by atoms with Gasteiger partial charge < -0.3 is 9.64 Å². The Morgan fingerprint density at radius 3 is 2.36 bits per heavy atom. The van der Waals surface area contributed by atoms with Crippen LogP contribution in [0.4, 0.5) is 0 Å². The van der Waals surface area contributed by atoms with Gasteiger partial charge in [-0.2, -0.15) is 0 Å². The van der Waals surface area contributed by atoms with E-state index in [0.29, 0.717) is 0 Å². The van der Waals surface area contributed by atoms with E-state index in [1.807, 2.05) is 0 Å². The van der Waals surface area contributed by atoms with Crippen LogP contribution in [-0.4, -0.2) is 37.2 Å². The van der Waals surface area contributed by atoms with Crippen molar-refractivity contribution < 1.29 is 4.74 Å². The van der Waals surface area contributed by atoms with Gasteiger partial charge in [0, 0.05) is 6.04 Å². The third-order valence-corrected chi connectivity index (χ3v) is 3.01. The van der Waals surface area contributed by atoms with Crippen LogP contribution in [-0.2, 0) is 4.74 Å². The van der Waals surface area contributed by atoms with Crippen LogP contribution in [0.2, 0.25) is 0 Å². The minimum Gasteiger partial charge on any atom is -0.376 e. The predicted molar refractivity (Wildman–Crippen MR) is 60.5 cm³/mol. The van der Waals surface area contributed by atoms with Crippen molar-refractivity contribution in [3.8, 4) is 0 Å². The molecule has 1 fully saturated rings. The summed E-state index contributed by atoms with van der Waals surface area (Å²) in [6.45, 7) is 7.32. The van der Waals surface area contributed by atoms with Crippen LogP contribution in [0, 0.1) is 5.92 Å². The Morgan fingerprint density at radius 1 is 1.21 bits per heavy atom. The van der Waals surface area contributed by atoms with Crippen molar-refractivity contribution in [1.29, 1.82) is 0 Å². The number of hydrogen-bond acceptors (Lipinski definition) is 2. The normalized spacial score (nSPS) is 28.7. The molecule has 1 aliphatic carbocycles. The fourth-order valence-electron chi connectivity index (χ4n) is 2.25. The van der Waals surface area contributed by atoms with Crippen molar-refractivity contribution in [3.05, 3.63) is 0 Å². The van der Waals surface area contributed by atoms with Gasteiger partial charge in [0.2, 0.25) is 0 Å². The van der Waals surface area contributed by atoms with Crippen molar-refractivity contribution in [3.63, 3.8) is 0 Å². The van der Waals surface area contributed by atoms with Gasteiger partial charge >= 0.3 is 0 Å². The molecule has 0 saturated heterocycles. The number of ether oxygens (including phenoxy) is 1. The van der Waals surface area contributed by atoms with E-state index in [4.69, 9.17) is 4.74 Å². The van der Waals surface area contributed by atoms with Crippen molar-refractivity contribution in [2.24, 2.45) is 5.92 Å². The van der Waals surface area contributed by atoms with E-state index in [9.17, 15) is 0 Å². The average molecular weight is 199 g/mol. The molecule has 1 aliphatic rings. The van der Waals surface area contributed by atoms with E-state index in [-0.39, 0.29) is 5.60 Å². The van der Waals surface area contributed by atoms with Gasteiger partial charge in [0.15, 0.2) is 0 Å². The van der Waals surface area contributed by atoms with Crippen LogP contribution < -0.4 is 0 Å². The number of hydrogen-bond donors (Lipinski definition) is 0. The summed E-state index contributed by atoms with van der Waals surface area (Å²) >= 11 is 0. The molecule has 0 aromatic carbocycles. The van der Waals surface area contributed by atoms with Crippen LogP contribution in [0.1, 0.15) is 40.0 Å². The molecule has 1 saturated carbocycles. The first-order valence-electron chi connectivity index (χ1n) is 5.70. The van der Waals surface area contributed by atoms with E-state index in [1.165, 1.54) is 19.3 Å². The van der Waals surface area contributed by atoms with Crippen molar-refractivity contribution in [1.82, 2.24) is 4.90 Å². The minimum atomic E-state index is 0.0133. The summed E-state index contributed by atoms with van der Waals surface area (Å²) in [6.07, 6.45) is 4.03. The third-order valence-electron chi connectivity index (χ3n) is 3.01. The van der Waals surface area contributed by atoms with E-state index in [1.54, 1.807) is 0 Å². The molecule has 0 N–H and O–H groups in total. The topological polar surface area (TPSA) is 12.5 Å². The smallest absolute Gasteiger partial charge is 0.0598 e. The van der Waals surface area contributed by atoms with Gasteiger partial charge in [-0.05, 0) is 53.6 Å². The highest BCUT2D eigenvalue weighted by Crippen LogP contribution is 2.29. The van der Waals surface area contributed by atoms with Gasteiger partial charge in [0.1, 0.15) is 0 Å². The second-order valence-corrected chi connectivity index (χ2v) is 5.65. The monoisotopic (exact) mass is 199 g/mol. The molecular weight excluding hydrogens is 174 g/mol. The van der Waals surface area contributed by atoms with Gasteiger partial charge in [0.25, 0.3) is 0 Å². The lowest BCUT2D eigenvalue weighted by Gasteiger charge is -2.29. The molecular formula is C12H25NO. The summed E-state index contributed by atoms with van der Waals surface area (Å²) < 4.78 is 5.87. The van der Waals surface area contributed by atoms with E-state index >= 15 is 0 Å². The zero-order valence-corrected chi connectivity index (χ0v) is 10.3. The second-order valence-electron chi connectivity index (χ2n) is 5.65. The summed E-state index contributed by atoms with van der Waals surface area (Å²) in [5, 5.41) is 0. The van der Waals surface area contributed by atoms with Gasteiger partial charge in [-0.1, -0.05) is 6.42 Å². The van der Waals surface area contributed by atoms with Crippen LogP contribution in [0.3, 0.4) is 0 Å². The fourth-order valence-corrected chi connectivity index (χ4v) is 2.25. The standard InChI is InChI=1S/C12H25NO/c1-12(2,3)14-9-10-7-6-8-11(10)13(4)5/h10-11H,6-9H2,1-5H3. The average Bonchev–Trinajstić information content (AvgIpc) is 2.46.